The first-order chi connectivity index (χ1) is 8.58. The number of carbonyl (C=O) groups is 1. The van der Waals surface area contributed by atoms with Gasteiger partial charge in [0.25, 0.3) is 0 Å². The van der Waals surface area contributed by atoms with E-state index in [9.17, 15) is 9.00 Å². The molecule has 3 rings (SSSR count). The van der Waals surface area contributed by atoms with Crippen LogP contribution in [0.1, 0.15) is 52.4 Å². The van der Waals surface area contributed by atoms with Gasteiger partial charge in [0.1, 0.15) is 0 Å². The van der Waals surface area contributed by atoms with Crippen LogP contribution in [-0.4, -0.2) is 14.6 Å². The maximum Gasteiger partial charge on any atom is 0.222 e. The third-order valence-corrected chi connectivity index (χ3v) is 7.39. The van der Waals surface area contributed by atoms with E-state index < -0.39 is 10.8 Å². The molecule has 0 aromatic rings. The molecular weight excluding hydrogens is 244 g/mol. The van der Waals surface area contributed by atoms with Crippen LogP contribution < -0.4 is 0 Å². The molecule has 18 heavy (non-hydrogen) atoms. The molecule has 7 atom stereocenters. The minimum absolute atomic E-state index is 0.0990. The van der Waals surface area contributed by atoms with E-state index in [1.807, 2.05) is 0 Å². The lowest BCUT2D eigenvalue weighted by atomic mass is 9.64. The molecular formula is C15H24O2S. The average Bonchev–Trinajstić information content (AvgIpc) is 2.36. The molecule has 2 saturated carbocycles. The third-order valence-electron chi connectivity index (χ3n) is 5.60. The Hall–Kier alpha value is -0.180. The smallest absolute Gasteiger partial charge is 0.222 e. The molecule has 2 nitrogen and oxygen atoms in total. The molecule has 0 N–H and O–H groups in total. The minimum Gasteiger partial charge on any atom is -0.284 e. The molecule has 1 saturated heterocycles. The quantitative estimate of drug-likeness (QED) is 0.676. The topological polar surface area (TPSA) is 34.1 Å². The standard InChI is InChI=1S/C15H24O2S/c1-9-3-5-11-12-6-4-10(2)8-14(12)18(17)15(16)13(11)7-9/h9-14H,3-8H2,1-2H3. The largest absolute Gasteiger partial charge is 0.284 e. The fourth-order valence-electron chi connectivity index (χ4n) is 4.57. The number of hydrogen-bond donors (Lipinski definition) is 0. The van der Waals surface area contributed by atoms with Crippen molar-refractivity contribution >= 4 is 15.9 Å². The second-order valence-corrected chi connectivity index (χ2v) is 8.53. The highest BCUT2D eigenvalue weighted by atomic mass is 32.2. The van der Waals surface area contributed by atoms with E-state index in [0.717, 1.165) is 12.8 Å². The van der Waals surface area contributed by atoms with Gasteiger partial charge in [0, 0.05) is 11.2 Å². The fourth-order valence-corrected chi connectivity index (χ4v) is 6.60. The molecule has 2 aliphatic carbocycles. The van der Waals surface area contributed by atoms with Crippen LogP contribution in [0.2, 0.25) is 0 Å². The van der Waals surface area contributed by atoms with Crippen molar-refractivity contribution in [1.29, 1.82) is 0 Å². The average molecular weight is 268 g/mol. The number of fused-ring (bicyclic) bond motifs is 3. The zero-order valence-electron chi connectivity index (χ0n) is 11.4. The van der Waals surface area contributed by atoms with Crippen LogP contribution in [-0.2, 0) is 15.6 Å². The normalized spacial score (nSPS) is 52.6. The zero-order chi connectivity index (χ0) is 12.9. The van der Waals surface area contributed by atoms with Gasteiger partial charge in [-0.3, -0.25) is 9.00 Å². The Bertz CT molecular complexity index is 343. The van der Waals surface area contributed by atoms with Gasteiger partial charge in [-0.05, 0) is 49.4 Å². The Morgan fingerprint density at radius 2 is 1.56 bits per heavy atom. The molecule has 3 fully saturated rings. The van der Waals surface area contributed by atoms with Crippen LogP contribution in [0.25, 0.3) is 0 Å². The van der Waals surface area contributed by atoms with E-state index in [4.69, 9.17) is 0 Å². The van der Waals surface area contributed by atoms with Gasteiger partial charge in [0.05, 0.1) is 10.8 Å². The summed E-state index contributed by atoms with van der Waals surface area (Å²) in [4.78, 5) is 12.4. The van der Waals surface area contributed by atoms with Crippen LogP contribution in [0, 0.1) is 29.6 Å². The van der Waals surface area contributed by atoms with Crippen molar-refractivity contribution in [3.8, 4) is 0 Å². The molecule has 3 heteroatoms. The van der Waals surface area contributed by atoms with Gasteiger partial charge in [-0.1, -0.05) is 26.7 Å². The number of rotatable bonds is 0. The second kappa shape index (κ2) is 4.73. The van der Waals surface area contributed by atoms with Crippen molar-refractivity contribution in [2.45, 2.75) is 57.6 Å². The lowest BCUT2D eigenvalue weighted by Gasteiger charge is -2.48. The van der Waals surface area contributed by atoms with E-state index in [1.54, 1.807) is 0 Å². The molecule has 1 aliphatic heterocycles. The van der Waals surface area contributed by atoms with Gasteiger partial charge in [-0.25, -0.2) is 0 Å². The van der Waals surface area contributed by atoms with Crippen LogP contribution >= 0.6 is 0 Å². The highest BCUT2D eigenvalue weighted by molar-refractivity contribution is 8.01. The van der Waals surface area contributed by atoms with E-state index in [1.165, 1.54) is 25.7 Å². The van der Waals surface area contributed by atoms with Gasteiger partial charge >= 0.3 is 0 Å². The van der Waals surface area contributed by atoms with Crippen molar-refractivity contribution in [3.63, 3.8) is 0 Å². The summed E-state index contributed by atoms with van der Waals surface area (Å²) in [7, 11) is -1.19. The lowest BCUT2D eigenvalue weighted by Crippen LogP contribution is -2.51. The molecule has 7 unspecified atom stereocenters. The summed E-state index contributed by atoms with van der Waals surface area (Å²) in [6, 6.07) is 0. The molecule has 0 bridgehead atoms. The summed E-state index contributed by atoms with van der Waals surface area (Å²) in [6.07, 6.45) is 6.95. The Kier molecular flexibility index (Phi) is 3.38. The van der Waals surface area contributed by atoms with E-state index >= 15 is 0 Å². The molecule has 102 valence electrons. The maximum absolute atomic E-state index is 12.4. The maximum atomic E-state index is 12.4. The van der Waals surface area contributed by atoms with Crippen molar-refractivity contribution in [1.82, 2.24) is 0 Å². The van der Waals surface area contributed by atoms with Crippen molar-refractivity contribution in [2.75, 3.05) is 0 Å². The van der Waals surface area contributed by atoms with Crippen LogP contribution in [0.5, 0.6) is 0 Å². The lowest BCUT2D eigenvalue weighted by molar-refractivity contribution is -0.120. The van der Waals surface area contributed by atoms with Crippen molar-refractivity contribution < 1.29 is 9.00 Å². The predicted octanol–water partition coefficient (Wildman–Crippen LogP) is 3.13. The molecule has 0 spiro atoms. The molecule has 3 aliphatic rings. The first-order valence-corrected chi connectivity index (χ1v) is 8.73. The van der Waals surface area contributed by atoms with E-state index in [2.05, 4.69) is 13.8 Å². The van der Waals surface area contributed by atoms with Crippen LogP contribution in [0.3, 0.4) is 0 Å². The zero-order valence-corrected chi connectivity index (χ0v) is 12.2. The number of hydrogen-bond acceptors (Lipinski definition) is 2. The highest BCUT2D eigenvalue weighted by Gasteiger charge is 2.51. The van der Waals surface area contributed by atoms with E-state index in [0.29, 0.717) is 23.7 Å². The monoisotopic (exact) mass is 268 g/mol. The Balaban J connectivity index is 1.87. The fraction of sp³-hybridized carbons (Fsp3) is 0.933. The first kappa shape index (κ1) is 12.8. The van der Waals surface area contributed by atoms with Crippen molar-refractivity contribution in [3.05, 3.63) is 0 Å². The SMILES string of the molecule is CC1CCC2C(C1)C(=O)S(=O)C1CC(C)CCC21. The molecule has 0 aromatic carbocycles. The summed E-state index contributed by atoms with van der Waals surface area (Å²) in [5, 5.41) is 0.290. The van der Waals surface area contributed by atoms with Gasteiger partial charge in [0.15, 0.2) is 0 Å². The molecule has 1 heterocycles. The van der Waals surface area contributed by atoms with E-state index in [-0.39, 0.29) is 16.3 Å². The highest BCUT2D eigenvalue weighted by Crippen LogP contribution is 2.49. The summed E-state index contributed by atoms with van der Waals surface area (Å²) < 4.78 is 12.4. The Labute approximate surface area is 112 Å². The van der Waals surface area contributed by atoms with Gasteiger partial charge in [-0.15, -0.1) is 0 Å². The number of carbonyl (C=O) groups excluding carboxylic acids is 1. The van der Waals surface area contributed by atoms with Gasteiger partial charge in [0.2, 0.25) is 5.12 Å². The second-order valence-electron chi connectivity index (χ2n) is 6.93. The molecule has 0 aromatic heterocycles. The van der Waals surface area contributed by atoms with Crippen molar-refractivity contribution in [2.24, 2.45) is 29.6 Å². The van der Waals surface area contributed by atoms with Crippen LogP contribution in [0.15, 0.2) is 0 Å². The summed E-state index contributed by atoms with van der Waals surface area (Å²) in [5.41, 5.74) is 0. The Morgan fingerprint density at radius 3 is 2.28 bits per heavy atom. The first-order valence-electron chi connectivity index (χ1n) is 7.52. The summed E-state index contributed by atoms with van der Waals surface area (Å²) >= 11 is 0. The molecule has 0 radical (unpaired) electrons. The Morgan fingerprint density at radius 1 is 0.944 bits per heavy atom. The van der Waals surface area contributed by atoms with Crippen LogP contribution in [0.4, 0.5) is 0 Å². The van der Waals surface area contributed by atoms with Gasteiger partial charge < -0.3 is 0 Å². The summed E-state index contributed by atoms with van der Waals surface area (Å²) in [5.74, 6) is 2.57. The predicted molar refractivity (Wildman–Crippen MR) is 73.4 cm³/mol. The third kappa shape index (κ3) is 1.99. The molecule has 0 amide bonds. The van der Waals surface area contributed by atoms with Gasteiger partial charge in [-0.2, -0.15) is 0 Å². The summed E-state index contributed by atoms with van der Waals surface area (Å²) in [6.45, 7) is 4.48. The minimum atomic E-state index is -1.19.